The van der Waals surface area contributed by atoms with Gasteiger partial charge in [0.15, 0.2) is 11.5 Å². The number of carbonyl (C=O) groups is 1. The number of carbonyl (C=O) groups excluding carboxylic acids is 1. The Morgan fingerprint density at radius 2 is 2.33 bits per heavy atom. The van der Waals surface area contributed by atoms with Gasteiger partial charge < -0.3 is 19.5 Å². The van der Waals surface area contributed by atoms with Gasteiger partial charge in [-0.25, -0.2) is 4.79 Å². The molecule has 0 bridgehead atoms. The Morgan fingerprint density at radius 3 is 2.94 bits per heavy atom. The number of hydrogen-bond donors (Lipinski definition) is 1. The molecule has 0 amide bonds. The zero-order valence-corrected chi connectivity index (χ0v) is 10.0. The standard InChI is InChI=1S/C12H12N2O4/c1-16-10-4-7(12(15)17-2)3-9-11(10)18-8(5-13)6-14-9/h3-4,8,14H,6H2,1-2H3/t8-/m0/s1. The fraction of sp³-hybridized carbons (Fsp3) is 0.333. The van der Waals surface area contributed by atoms with Gasteiger partial charge in [-0.1, -0.05) is 0 Å². The molecule has 1 heterocycles. The van der Waals surface area contributed by atoms with E-state index >= 15 is 0 Å². The van der Waals surface area contributed by atoms with Crippen LogP contribution in [0.1, 0.15) is 10.4 Å². The topological polar surface area (TPSA) is 80.6 Å². The maximum Gasteiger partial charge on any atom is 0.338 e. The number of benzene rings is 1. The third-order valence-electron chi connectivity index (χ3n) is 2.58. The lowest BCUT2D eigenvalue weighted by molar-refractivity contribution is 0.0600. The molecule has 0 unspecified atom stereocenters. The van der Waals surface area contributed by atoms with Crippen LogP contribution in [0.2, 0.25) is 0 Å². The van der Waals surface area contributed by atoms with Gasteiger partial charge >= 0.3 is 5.97 Å². The van der Waals surface area contributed by atoms with Gasteiger partial charge in [-0.2, -0.15) is 5.26 Å². The Labute approximate surface area is 104 Å². The molecule has 0 aromatic heterocycles. The Kier molecular flexibility index (Phi) is 3.24. The number of nitrogens with zero attached hydrogens (tertiary/aromatic N) is 1. The van der Waals surface area contributed by atoms with Crippen LogP contribution in [-0.2, 0) is 4.74 Å². The van der Waals surface area contributed by atoms with Crippen molar-refractivity contribution in [1.82, 2.24) is 0 Å². The minimum Gasteiger partial charge on any atom is -0.493 e. The van der Waals surface area contributed by atoms with Crippen molar-refractivity contribution in [1.29, 1.82) is 5.26 Å². The van der Waals surface area contributed by atoms with Gasteiger partial charge in [-0.3, -0.25) is 0 Å². The quantitative estimate of drug-likeness (QED) is 0.791. The molecule has 0 saturated carbocycles. The summed E-state index contributed by atoms with van der Waals surface area (Å²) < 4.78 is 15.3. The van der Waals surface area contributed by atoms with E-state index in [9.17, 15) is 4.79 Å². The maximum atomic E-state index is 11.5. The molecule has 0 saturated heterocycles. The summed E-state index contributed by atoms with van der Waals surface area (Å²) in [5.41, 5.74) is 0.973. The van der Waals surface area contributed by atoms with E-state index in [1.165, 1.54) is 20.3 Å². The van der Waals surface area contributed by atoms with E-state index in [-0.39, 0.29) is 0 Å². The van der Waals surface area contributed by atoms with E-state index in [2.05, 4.69) is 10.1 Å². The summed E-state index contributed by atoms with van der Waals surface area (Å²) in [6.07, 6.45) is -0.574. The highest BCUT2D eigenvalue weighted by Crippen LogP contribution is 2.39. The number of methoxy groups -OCH3 is 2. The monoisotopic (exact) mass is 248 g/mol. The number of nitriles is 1. The molecule has 0 spiro atoms. The normalized spacial score (nSPS) is 16.6. The lowest BCUT2D eigenvalue weighted by Crippen LogP contribution is -2.29. The first-order chi connectivity index (χ1) is 8.69. The van der Waals surface area contributed by atoms with Crippen molar-refractivity contribution in [3.05, 3.63) is 17.7 Å². The fourth-order valence-corrected chi connectivity index (χ4v) is 1.70. The average molecular weight is 248 g/mol. The smallest absolute Gasteiger partial charge is 0.338 e. The van der Waals surface area contributed by atoms with E-state index in [0.29, 0.717) is 29.3 Å². The van der Waals surface area contributed by atoms with E-state index in [1.807, 2.05) is 6.07 Å². The minimum absolute atomic E-state index is 0.358. The largest absolute Gasteiger partial charge is 0.493 e. The molecule has 6 nitrogen and oxygen atoms in total. The molecule has 94 valence electrons. The summed E-state index contributed by atoms with van der Waals surface area (Å²) in [7, 11) is 2.78. The maximum absolute atomic E-state index is 11.5. The summed E-state index contributed by atoms with van der Waals surface area (Å²) in [6.45, 7) is 0.358. The first kappa shape index (κ1) is 12.0. The Bertz CT molecular complexity index is 504. The van der Waals surface area contributed by atoms with Gasteiger partial charge in [0.25, 0.3) is 0 Å². The molecule has 18 heavy (non-hydrogen) atoms. The molecule has 1 atom stereocenters. The van der Waals surface area contributed by atoms with Crippen molar-refractivity contribution < 1.29 is 19.0 Å². The zero-order chi connectivity index (χ0) is 13.1. The van der Waals surface area contributed by atoms with Crippen molar-refractivity contribution in [2.75, 3.05) is 26.1 Å². The van der Waals surface area contributed by atoms with Crippen molar-refractivity contribution in [3.63, 3.8) is 0 Å². The van der Waals surface area contributed by atoms with Gasteiger partial charge in [0, 0.05) is 0 Å². The number of esters is 1. The average Bonchev–Trinajstić information content (AvgIpc) is 2.44. The molecule has 1 N–H and O–H groups in total. The molecule has 1 aliphatic rings. The van der Waals surface area contributed by atoms with Crippen molar-refractivity contribution in [2.24, 2.45) is 0 Å². The molecular formula is C12H12N2O4. The first-order valence-corrected chi connectivity index (χ1v) is 5.30. The molecule has 1 aromatic rings. The van der Waals surface area contributed by atoms with Crippen LogP contribution in [0, 0.1) is 11.3 Å². The van der Waals surface area contributed by atoms with Crippen LogP contribution in [-0.4, -0.2) is 32.8 Å². The number of fused-ring (bicyclic) bond motifs is 1. The molecule has 1 aromatic carbocycles. The molecular weight excluding hydrogens is 236 g/mol. The van der Waals surface area contributed by atoms with Crippen LogP contribution in [0.4, 0.5) is 5.69 Å². The van der Waals surface area contributed by atoms with Crippen LogP contribution in [0.15, 0.2) is 12.1 Å². The van der Waals surface area contributed by atoms with Gasteiger partial charge in [0.2, 0.25) is 6.10 Å². The lowest BCUT2D eigenvalue weighted by Gasteiger charge is -2.25. The Morgan fingerprint density at radius 1 is 1.56 bits per heavy atom. The van der Waals surface area contributed by atoms with E-state index in [4.69, 9.17) is 14.7 Å². The van der Waals surface area contributed by atoms with Crippen molar-refractivity contribution >= 4 is 11.7 Å². The second-order valence-corrected chi connectivity index (χ2v) is 3.66. The highest BCUT2D eigenvalue weighted by Gasteiger charge is 2.24. The third-order valence-corrected chi connectivity index (χ3v) is 2.58. The molecule has 1 aliphatic heterocycles. The second kappa shape index (κ2) is 4.84. The van der Waals surface area contributed by atoms with Gasteiger partial charge in [-0.15, -0.1) is 0 Å². The Balaban J connectivity index is 2.45. The number of nitrogens with one attached hydrogen (secondary N) is 1. The van der Waals surface area contributed by atoms with Crippen LogP contribution < -0.4 is 14.8 Å². The molecule has 6 heteroatoms. The van der Waals surface area contributed by atoms with Crippen LogP contribution in [0.3, 0.4) is 0 Å². The van der Waals surface area contributed by atoms with E-state index in [0.717, 1.165) is 0 Å². The minimum atomic E-state index is -0.574. The van der Waals surface area contributed by atoms with Gasteiger partial charge in [-0.05, 0) is 12.1 Å². The van der Waals surface area contributed by atoms with E-state index < -0.39 is 12.1 Å². The highest BCUT2D eigenvalue weighted by atomic mass is 16.5. The summed E-state index contributed by atoms with van der Waals surface area (Å²) >= 11 is 0. The van der Waals surface area contributed by atoms with Gasteiger partial charge in [0.05, 0.1) is 32.0 Å². The zero-order valence-electron chi connectivity index (χ0n) is 10.0. The summed E-state index contributed by atoms with van der Waals surface area (Å²) in [5.74, 6) is 0.364. The predicted molar refractivity (Wildman–Crippen MR) is 62.9 cm³/mol. The summed E-state index contributed by atoms with van der Waals surface area (Å²) in [4.78, 5) is 11.5. The molecule has 0 aliphatic carbocycles. The van der Waals surface area contributed by atoms with Crippen LogP contribution in [0.25, 0.3) is 0 Å². The van der Waals surface area contributed by atoms with Gasteiger partial charge in [0.1, 0.15) is 6.07 Å². The van der Waals surface area contributed by atoms with Crippen LogP contribution >= 0.6 is 0 Å². The predicted octanol–water partition coefficient (Wildman–Crippen LogP) is 1.18. The first-order valence-electron chi connectivity index (χ1n) is 5.30. The van der Waals surface area contributed by atoms with Crippen LogP contribution in [0.5, 0.6) is 11.5 Å². The summed E-state index contributed by atoms with van der Waals surface area (Å²) in [5, 5.41) is 11.9. The fourth-order valence-electron chi connectivity index (χ4n) is 1.70. The molecule has 2 rings (SSSR count). The lowest BCUT2D eigenvalue weighted by atomic mass is 10.1. The number of hydrogen-bond acceptors (Lipinski definition) is 6. The number of ether oxygens (including phenoxy) is 3. The van der Waals surface area contributed by atoms with E-state index in [1.54, 1.807) is 6.07 Å². The second-order valence-electron chi connectivity index (χ2n) is 3.66. The highest BCUT2D eigenvalue weighted by molar-refractivity contribution is 5.92. The molecule has 0 fully saturated rings. The SMILES string of the molecule is COC(=O)c1cc2c(c(OC)c1)O[C@@H](C#N)CN2. The summed E-state index contributed by atoms with van der Waals surface area (Å²) in [6, 6.07) is 5.14. The Hall–Kier alpha value is -2.42. The number of rotatable bonds is 2. The third kappa shape index (κ3) is 2.02. The molecule has 0 radical (unpaired) electrons. The van der Waals surface area contributed by atoms with Crippen molar-refractivity contribution in [2.45, 2.75) is 6.10 Å². The number of anilines is 1. The van der Waals surface area contributed by atoms with Crippen molar-refractivity contribution in [3.8, 4) is 17.6 Å².